The molecule has 0 bridgehead atoms. The van der Waals surface area contributed by atoms with E-state index in [0.29, 0.717) is 12.6 Å². The van der Waals surface area contributed by atoms with Gasteiger partial charge in [-0.25, -0.2) is 4.79 Å². The number of rotatable bonds is 4. The topological polar surface area (TPSA) is 50.2 Å². The molecule has 2 aromatic rings. The van der Waals surface area contributed by atoms with Crippen LogP contribution in [0.5, 0.6) is 0 Å². The summed E-state index contributed by atoms with van der Waals surface area (Å²) < 4.78 is 1.79. The summed E-state index contributed by atoms with van der Waals surface area (Å²) in [6, 6.07) is 10.4. The van der Waals surface area contributed by atoms with Crippen LogP contribution in [0.2, 0.25) is 0 Å². The van der Waals surface area contributed by atoms with Crippen LogP contribution in [-0.4, -0.2) is 45.3 Å². The average Bonchev–Trinajstić information content (AvgIpc) is 3.22. The molecule has 0 aliphatic carbocycles. The second-order valence-corrected chi connectivity index (χ2v) is 6.98. The molecule has 122 valence electrons. The number of aryl methyl sites for hydroxylation is 1. The average molecular weight is 330 g/mol. The van der Waals surface area contributed by atoms with E-state index in [1.165, 1.54) is 0 Å². The summed E-state index contributed by atoms with van der Waals surface area (Å²) in [4.78, 5) is 14.2. The predicted molar refractivity (Wildman–Crippen MR) is 94.4 cm³/mol. The fourth-order valence-corrected chi connectivity index (χ4v) is 4.06. The first-order chi connectivity index (χ1) is 11.1. The number of aromatic nitrogens is 2. The molecule has 1 aliphatic rings. The second kappa shape index (κ2) is 7.08. The molecule has 5 nitrogen and oxygen atoms in total. The number of benzene rings is 1. The SMILES string of the molecule is CN(C(=O)NCc1cn(C)nc1-c1ccccc1)[C@@H]1CCSC1. The van der Waals surface area contributed by atoms with Gasteiger partial charge in [-0.05, 0) is 12.2 Å². The van der Waals surface area contributed by atoms with E-state index < -0.39 is 0 Å². The molecule has 1 saturated heterocycles. The van der Waals surface area contributed by atoms with Crippen LogP contribution in [-0.2, 0) is 13.6 Å². The molecule has 1 aromatic carbocycles. The van der Waals surface area contributed by atoms with Gasteiger partial charge < -0.3 is 10.2 Å². The standard InChI is InChI=1S/C17H22N4OS/c1-20-11-14(16(19-20)13-6-4-3-5-7-13)10-18-17(22)21(2)15-8-9-23-12-15/h3-7,11,15H,8-10,12H2,1-2H3,(H,18,22)/t15-/m1/s1. The van der Waals surface area contributed by atoms with Gasteiger partial charge in [-0.2, -0.15) is 16.9 Å². The summed E-state index contributed by atoms with van der Waals surface area (Å²) in [7, 11) is 3.78. The monoisotopic (exact) mass is 330 g/mol. The van der Waals surface area contributed by atoms with Crippen LogP contribution < -0.4 is 5.32 Å². The van der Waals surface area contributed by atoms with E-state index >= 15 is 0 Å². The van der Waals surface area contributed by atoms with Crippen molar-refractivity contribution < 1.29 is 4.79 Å². The Morgan fingerprint density at radius 2 is 2.22 bits per heavy atom. The highest BCUT2D eigenvalue weighted by atomic mass is 32.2. The van der Waals surface area contributed by atoms with Gasteiger partial charge >= 0.3 is 6.03 Å². The number of hydrogen-bond acceptors (Lipinski definition) is 3. The first-order valence-electron chi connectivity index (χ1n) is 7.81. The summed E-state index contributed by atoms with van der Waals surface area (Å²) in [6.45, 7) is 0.487. The van der Waals surface area contributed by atoms with Crippen LogP contribution >= 0.6 is 11.8 Å². The summed E-state index contributed by atoms with van der Waals surface area (Å²) in [5.41, 5.74) is 3.02. The molecule has 1 atom stereocenters. The van der Waals surface area contributed by atoms with Gasteiger partial charge in [-0.15, -0.1) is 0 Å². The van der Waals surface area contributed by atoms with Crippen molar-refractivity contribution >= 4 is 17.8 Å². The largest absolute Gasteiger partial charge is 0.334 e. The van der Waals surface area contributed by atoms with Crippen molar-refractivity contribution in [3.63, 3.8) is 0 Å². The molecular formula is C17H22N4OS. The Kier molecular flexibility index (Phi) is 4.91. The Bertz CT molecular complexity index is 664. The van der Waals surface area contributed by atoms with Crippen molar-refractivity contribution in [3.05, 3.63) is 42.1 Å². The molecule has 3 rings (SSSR count). The maximum atomic E-state index is 12.3. The number of nitrogens with one attached hydrogen (secondary N) is 1. The minimum Gasteiger partial charge on any atom is -0.334 e. The Balaban J connectivity index is 1.67. The zero-order chi connectivity index (χ0) is 16.2. The van der Waals surface area contributed by atoms with Crippen LogP contribution in [0.15, 0.2) is 36.5 Å². The van der Waals surface area contributed by atoms with Gasteiger partial charge in [0, 0.05) is 49.8 Å². The molecular weight excluding hydrogens is 308 g/mol. The van der Waals surface area contributed by atoms with Crippen LogP contribution in [0.25, 0.3) is 11.3 Å². The number of hydrogen-bond donors (Lipinski definition) is 1. The van der Waals surface area contributed by atoms with Crippen LogP contribution in [0.3, 0.4) is 0 Å². The van der Waals surface area contributed by atoms with Gasteiger partial charge in [0.05, 0.1) is 5.69 Å². The van der Waals surface area contributed by atoms with Gasteiger partial charge in [-0.1, -0.05) is 30.3 Å². The maximum absolute atomic E-state index is 12.3. The number of nitrogens with zero attached hydrogens (tertiary/aromatic N) is 3. The van der Waals surface area contributed by atoms with E-state index in [4.69, 9.17) is 0 Å². The van der Waals surface area contributed by atoms with E-state index in [0.717, 1.165) is 34.7 Å². The number of urea groups is 1. The van der Waals surface area contributed by atoms with E-state index in [-0.39, 0.29) is 6.03 Å². The van der Waals surface area contributed by atoms with Gasteiger partial charge in [0.1, 0.15) is 0 Å². The highest BCUT2D eigenvalue weighted by Crippen LogP contribution is 2.23. The summed E-state index contributed by atoms with van der Waals surface area (Å²) in [5, 5.41) is 7.55. The van der Waals surface area contributed by atoms with Crippen molar-refractivity contribution in [2.45, 2.75) is 19.0 Å². The van der Waals surface area contributed by atoms with Crippen molar-refractivity contribution in [1.29, 1.82) is 0 Å². The second-order valence-electron chi connectivity index (χ2n) is 5.83. The molecule has 0 unspecified atom stereocenters. The Hall–Kier alpha value is -1.95. The van der Waals surface area contributed by atoms with Crippen molar-refractivity contribution in [2.75, 3.05) is 18.6 Å². The minimum atomic E-state index is -0.0136. The molecule has 1 aliphatic heterocycles. The molecule has 0 saturated carbocycles. The third-order valence-electron chi connectivity index (χ3n) is 4.16. The van der Waals surface area contributed by atoms with Crippen molar-refractivity contribution in [2.24, 2.45) is 7.05 Å². The highest BCUT2D eigenvalue weighted by Gasteiger charge is 2.23. The lowest BCUT2D eigenvalue weighted by molar-refractivity contribution is 0.195. The fraction of sp³-hybridized carbons (Fsp3) is 0.412. The number of carbonyl (C=O) groups is 1. The molecule has 0 radical (unpaired) electrons. The lowest BCUT2D eigenvalue weighted by Crippen LogP contribution is -2.43. The normalized spacial score (nSPS) is 17.2. The van der Waals surface area contributed by atoms with Crippen LogP contribution in [0.4, 0.5) is 4.79 Å². The van der Waals surface area contributed by atoms with Crippen LogP contribution in [0.1, 0.15) is 12.0 Å². The third-order valence-corrected chi connectivity index (χ3v) is 5.30. The van der Waals surface area contributed by atoms with Gasteiger partial charge in [0.2, 0.25) is 0 Å². The predicted octanol–water partition coefficient (Wildman–Crippen LogP) is 2.73. The molecule has 6 heteroatoms. The highest BCUT2D eigenvalue weighted by molar-refractivity contribution is 7.99. The number of amides is 2. The minimum absolute atomic E-state index is 0.0136. The molecule has 2 heterocycles. The van der Waals surface area contributed by atoms with Gasteiger partial charge in [0.15, 0.2) is 0 Å². The third kappa shape index (κ3) is 3.69. The molecule has 2 amide bonds. The lowest BCUT2D eigenvalue weighted by Gasteiger charge is -2.24. The van der Waals surface area contributed by atoms with E-state index in [1.54, 1.807) is 4.68 Å². The van der Waals surface area contributed by atoms with Gasteiger partial charge in [0.25, 0.3) is 0 Å². The quantitative estimate of drug-likeness (QED) is 0.938. The summed E-state index contributed by atoms with van der Waals surface area (Å²) >= 11 is 1.91. The van der Waals surface area contributed by atoms with Crippen molar-refractivity contribution in [1.82, 2.24) is 20.0 Å². The zero-order valence-corrected chi connectivity index (χ0v) is 14.3. The van der Waals surface area contributed by atoms with E-state index in [9.17, 15) is 4.79 Å². The molecule has 1 fully saturated rings. The first kappa shape index (κ1) is 15.9. The van der Waals surface area contributed by atoms with Gasteiger partial charge in [-0.3, -0.25) is 4.68 Å². The van der Waals surface area contributed by atoms with E-state index in [2.05, 4.69) is 10.4 Å². The van der Waals surface area contributed by atoms with Crippen LogP contribution in [0, 0.1) is 0 Å². The smallest absolute Gasteiger partial charge is 0.317 e. The summed E-state index contributed by atoms with van der Waals surface area (Å²) in [5.74, 6) is 2.18. The zero-order valence-electron chi connectivity index (χ0n) is 13.5. The fourth-order valence-electron chi connectivity index (χ4n) is 2.79. The Morgan fingerprint density at radius 1 is 1.43 bits per heavy atom. The maximum Gasteiger partial charge on any atom is 0.317 e. The first-order valence-corrected chi connectivity index (χ1v) is 8.97. The Morgan fingerprint density at radius 3 is 2.91 bits per heavy atom. The van der Waals surface area contributed by atoms with Crippen molar-refractivity contribution in [3.8, 4) is 11.3 Å². The number of thioether (sulfide) groups is 1. The molecule has 23 heavy (non-hydrogen) atoms. The lowest BCUT2D eigenvalue weighted by atomic mass is 10.1. The molecule has 0 spiro atoms. The summed E-state index contributed by atoms with van der Waals surface area (Å²) in [6.07, 6.45) is 3.05. The molecule has 1 aromatic heterocycles. The van der Waals surface area contributed by atoms with E-state index in [1.807, 2.05) is 67.3 Å². The molecule has 1 N–H and O–H groups in total. The number of carbonyl (C=O) groups excluding carboxylic acids is 1. The Labute approximate surface area is 141 Å².